The molecule has 2 aliphatic rings. The highest BCUT2D eigenvalue weighted by atomic mass is 16.2. The predicted octanol–water partition coefficient (Wildman–Crippen LogP) is 2.56. The van der Waals surface area contributed by atoms with Gasteiger partial charge >= 0.3 is 0 Å². The number of piperidine rings is 1. The van der Waals surface area contributed by atoms with Crippen LogP contribution >= 0.6 is 0 Å². The molecule has 1 unspecified atom stereocenters. The average molecular weight is 357 g/mol. The molecule has 3 amide bonds. The fourth-order valence-electron chi connectivity index (χ4n) is 3.25. The molecule has 6 nitrogen and oxygen atoms in total. The molecule has 140 valence electrons. The minimum absolute atomic E-state index is 0.0212. The number of anilines is 1. The van der Waals surface area contributed by atoms with Crippen molar-refractivity contribution in [2.45, 2.75) is 51.5 Å². The molecule has 26 heavy (non-hydrogen) atoms. The molecule has 0 spiro atoms. The molecule has 0 aromatic heterocycles. The Morgan fingerprint density at radius 2 is 1.85 bits per heavy atom. The Kier molecular flexibility index (Phi) is 5.91. The maximum atomic E-state index is 12.7. The minimum atomic E-state index is -0.110. The number of likely N-dealkylation sites (tertiary alicyclic amines) is 1. The van der Waals surface area contributed by atoms with Gasteiger partial charge in [0, 0.05) is 36.8 Å². The summed E-state index contributed by atoms with van der Waals surface area (Å²) in [4.78, 5) is 38.4. The highest BCUT2D eigenvalue weighted by molar-refractivity contribution is 5.96. The van der Waals surface area contributed by atoms with E-state index in [9.17, 15) is 14.4 Å². The molecule has 1 saturated carbocycles. The van der Waals surface area contributed by atoms with E-state index in [2.05, 4.69) is 10.6 Å². The SMILES string of the molecule is CCCC(=O)Nc1ccc(C(=O)N2CCCC(C(=O)NC3CC3)C2)cc1. The number of hydrogen-bond donors (Lipinski definition) is 2. The normalized spacial score (nSPS) is 19.7. The zero-order valence-corrected chi connectivity index (χ0v) is 15.3. The lowest BCUT2D eigenvalue weighted by atomic mass is 9.96. The highest BCUT2D eigenvalue weighted by Crippen LogP contribution is 2.23. The molecule has 6 heteroatoms. The van der Waals surface area contributed by atoms with Crippen LogP contribution in [0.15, 0.2) is 24.3 Å². The average Bonchev–Trinajstić information content (AvgIpc) is 3.46. The van der Waals surface area contributed by atoms with E-state index in [0.717, 1.165) is 32.1 Å². The van der Waals surface area contributed by atoms with Gasteiger partial charge in [-0.15, -0.1) is 0 Å². The Hall–Kier alpha value is -2.37. The zero-order valence-electron chi connectivity index (χ0n) is 15.3. The van der Waals surface area contributed by atoms with Crippen LogP contribution in [0.2, 0.25) is 0 Å². The van der Waals surface area contributed by atoms with Crippen LogP contribution in [-0.2, 0) is 9.59 Å². The van der Waals surface area contributed by atoms with Gasteiger partial charge < -0.3 is 15.5 Å². The molecule has 0 radical (unpaired) electrons. The van der Waals surface area contributed by atoms with E-state index in [0.29, 0.717) is 36.8 Å². The maximum Gasteiger partial charge on any atom is 0.253 e. The minimum Gasteiger partial charge on any atom is -0.353 e. The Balaban J connectivity index is 1.57. The van der Waals surface area contributed by atoms with Crippen molar-refractivity contribution in [3.8, 4) is 0 Å². The molecule has 1 aromatic carbocycles. The summed E-state index contributed by atoms with van der Waals surface area (Å²) in [6.07, 6.45) is 5.11. The molecule has 1 heterocycles. The van der Waals surface area contributed by atoms with Crippen LogP contribution in [0, 0.1) is 5.92 Å². The predicted molar refractivity (Wildman–Crippen MR) is 99.8 cm³/mol. The monoisotopic (exact) mass is 357 g/mol. The number of hydrogen-bond acceptors (Lipinski definition) is 3. The van der Waals surface area contributed by atoms with Gasteiger partial charge in [0.15, 0.2) is 0 Å². The van der Waals surface area contributed by atoms with Gasteiger partial charge in [0.05, 0.1) is 5.92 Å². The van der Waals surface area contributed by atoms with Gasteiger partial charge in [-0.2, -0.15) is 0 Å². The summed E-state index contributed by atoms with van der Waals surface area (Å²) in [5.74, 6) is -0.104. The molecule has 3 rings (SSSR count). The summed E-state index contributed by atoms with van der Waals surface area (Å²) in [5, 5.41) is 5.86. The van der Waals surface area contributed by atoms with Crippen LogP contribution in [0.4, 0.5) is 5.69 Å². The number of amides is 3. The van der Waals surface area contributed by atoms with Crippen molar-refractivity contribution in [1.29, 1.82) is 0 Å². The second kappa shape index (κ2) is 8.34. The number of carbonyl (C=O) groups excluding carboxylic acids is 3. The van der Waals surface area contributed by atoms with Crippen LogP contribution in [-0.4, -0.2) is 41.8 Å². The molecule has 2 fully saturated rings. The smallest absolute Gasteiger partial charge is 0.253 e. The summed E-state index contributed by atoms with van der Waals surface area (Å²) in [6.45, 7) is 3.12. The lowest BCUT2D eigenvalue weighted by Crippen LogP contribution is -2.45. The Bertz CT molecular complexity index is 667. The van der Waals surface area contributed by atoms with Crippen LogP contribution in [0.5, 0.6) is 0 Å². The van der Waals surface area contributed by atoms with E-state index in [4.69, 9.17) is 0 Å². The number of nitrogens with zero attached hydrogens (tertiary/aromatic N) is 1. The fourth-order valence-corrected chi connectivity index (χ4v) is 3.25. The van der Waals surface area contributed by atoms with Gasteiger partial charge in [0.25, 0.3) is 5.91 Å². The van der Waals surface area contributed by atoms with E-state index >= 15 is 0 Å². The standard InChI is InChI=1S/C20H27N3O3/c1-2-4-18(24)21-16-8-6-14(7-9-16)20(26)23-12-3-5-15(13-23)19(25)22-17-10-11-17/h6-9,15,17H,2-5,10-13H2,1H3,(H,21,24)(H,22,25). The third-order valence-electron chi connectivity index (χ3n) is 4.90. The van der Waals surface area contributed by atoms with Crippen molar-refractivity contribution < 1.29 is 14.4 Å². The van der Waals surface area contributed by atoms with Gasteiger partial charge in [0.1, 0.15) is 0 Å². The van der Waals surface area contributed by atoms with E-state index in [-0.39, 0.29) is 23.6 Å². The molecule has 1 aliphatic heterocycles. The van der Waals surface area contributed by atoms with Crippen LogP contribution < -0.4 is 10.6 Å². The second-order valence-electron chi connectivity index (χ2n) is 7.25. The molecular formula is C20H27N3O3. The summed E-state index contributed by atoms with van der Waals surface area (Å²) < 4.78 is 0. The Morgan fingerprint density at radius 3 is 2.50 bits per heavy atom. The first-order valence-electron chi connectivity index (χ1n) is 9.56. The van der Waals surface area contributed by atoms with E-state index in [1.807, 2.05) is 6.92 Å². The maximum absolute atomic E-state index is 12.7. The second-order valence-corrected chi connectivity index (χ2v) is 7.25. The van der Waals surface area contributed by atoms with Gasteiger partial charge in [-0.05, 0) is 56.4 Å². The van der Waals surface area contributed by atoms with Crippen molar-refractivity contribution in [3.63, 3.8) is 0 Å². The van der Waals surface area contributed by atoms with Crippen LogP contribution in [0.1, 0.15) is 55.8 Å². The number of carbonyl (C=O) groups is 3. The quantitative estimate of drug-likeness (QED) is 0.821. The molecule has 1 aromatic rings. The summed E-state index contributed by atoms with van der Waals surface area (Å²) in [6, 6.07) is 7.32. The molecule has 2 N–H and O–H groups in total. The molecule has 1 atom stereocenters. The van der Waals surface area contributed by atoms with Crippen molar-refractivity contribution in [3.05, 3.63) is 29.8 Å². The molecule has 0 bridgehead atoms. The van der Waals surface area contributed by atoms with Crippen LogP contribution in [0.3, 0.4) is 0 Å². The summed E-state index contributed by atoms with van der Waals surface area (Å²) >= 11 is 0. The fraction of sp³-hybridized carbons (Fsp3) is 0.550. The van der Waals surface area contributed by atoms with Crippen molar-refractivity contribution in [2.24, 2.45) is 5.92 Å². The highest BCUT2D eigenvalue weighted by Gasteiger charge is 2.32. The lowest BCUT2D eigenvalue weighted by molar-refractivity contribution is -0.126. The molecule has 1 saturated heterocycles. The van der Waals surface area contributed by atoms with Crippen molar-refractivity contribution in [2.75, 3.05) is 18.4 Å². The van der Waals surface area contributed by atoms with Crippen molar-refractivity contribution >= 4 is 23.4 Å². The summed E-state index contributed by atoms with van der Waals surface area (Å²) in [7, 11) is 0. The van der Waals surface area contributed by atoms with Crippen LogP contribution in [0.25, 0.3) is 0 Å². The van der Waals surface area contributed by atoms with Gasteiger partial charge in [-0.25, -0.2) is 0 Å². The lowest BCUT2D eigenvalue weighted by Gasteiger charge is -2.32. The number of benzene rings is 1. The largest absolute Gasteiger partial charge is 0.353 e. The number of rotatable bonds is 6. The number of nitrogens with one attached hydrogen (secondary N) is 2. The third-order valence-corrected chi connectivity index (χ3v) is 4.90. The third kappa shape index (κ3) is 4.84. The summed E-state index contributed by atoms with van der Waals surface area (Å²) in [5.41, 5.74) is 1.28. The first-order valence-corrected chi connectivity index (χ1v) is 9.56. The van der Waals surface area contributed by atoms with E-state index in [1.165, 1.54) is 0 Å². The molecule has 1 aliphatic carbocycles. The van der Waals surface area contributed by atoms with E-state index < -0.39 is 0 Å². The van der Waals surface area contributed by atoms with E-state index in [1.54, 1.807) is 29.2 Å². The van der Waals surface area contributed by atoms with Gasteiger partial charge in [-0.1, -0.05) is 6.92 Å². The van der Waals surface area contributed by atoms with Gasteiger partial charge in [0.2, 0.25) is 11.8 Å². The molecular weight excluding hydrogens is 330 g/mol. The first kappa shape index (κ1) is 18.4. The van der Waals surface area contributed by atoms with Crippen molar-refractivity contribution in [1.82, 2.24) is 10.2 Å². The zero-order chi connectivity index (χ0) is 18.5. The Morgan fingerprint density at radius 1 is 1.12 bits per heavy atom. The topological polar surface area (TPSA) is 78.5 Å². The first-order chi connectivity index (χ1) is 12.6. The Labute approximate surface area is 154 Å². The van der Waals surface area contributed by atoms with Gasteiger partial charge in [-0.3, -0.25) is 14.4 Å².